The molecular formula is C27H23NO6. The molecular weight excluding hydrogens is 434 g/mol. The molecule has 0 radical (unpaired) electrons. The van der Waals surface area contributed by atoms with E-state index in [0.29, 0.717) is 11.1 Å². The van der Waals surface area contributed by atoms with E-state index >= 15 is 0 Å². The molecule has 0 spiro atoms. The summed E-state index contributed by atoms with van der Waals surface area (Å²) in [5.41, 5.74) is 1.31. The molecule has 1 aromatic heterocycles. The van der Waals surface area contributed by atoms with Crippen LogP contribution < -0.4 is 20.4 Å². The molecule has 34 heavy (non-hydrogen) atoms. The van der Waals surface area contributed by atoms with Crippen molar-refractivity contribution >= 4 is 22.8 Å². The van der Waals surface area contributed by atoms with E-state index in [9.17, 15) is 14.4 Å². The number of aryl methyl sites for hydroxylation is 1. The molecule has 1 unspecified atom stereocenters. The molecule has 1 amide bonds. The highest BCUT2D eigenvalue weighted by Gasteiger charge is 2.17. The first-order valence-electron chi connectivity index (χ1n) is 10.7. The van der Waals surface area contributed by atoms with Crippen molar-refractivity contribution in [3.05, 3.63) is 106 Å². The van der Waals surface area contributed by atoms with E-state index in [4.69, 9.17) is 13.9 Å². The van der Waals surface area contributed by atoms with E-state index in [0.717, 1.165) is 11.1 Å². The molecule has 3 aromatic carbocycles. The van der Waals surface area contributed by atoms with Crippen molar-refractivity contribution in [1.29, 1.82) is 0 Å². The lowest BCUT2D eigenvalue weighted by molar-refractivity contribution is -0.136. The second kappa shape index (κ2) is 10.0. The van der Waals surface area contributed by atoms with Gasteiger partial charge in [-0.25, -0.2) is 9.59 Å². The van der Waals surface area contributed by atoms with Gasteiger partial charge in [-0.15, -0.1) is 0 Å². The van der Waals surface area contributed by atoms with Gasteiger partial charge in [-0.05, 0) is 49.7 Å². The Hall–Kier alpha value is -4.39. The molecule has 1 heterocycles. The van der Waals surface area contributed by atoms with Gasteiger partial charge in [0.15, 0.2) is 6.61 Å². The monoisotopic (exact) mass is 457 g/mol. The number of carbonyl (C=O) groups is 2. The third-order valence-corrected chi connectivity index (χ3v) is 5.21. The van der Waals surface area contributed by atoms with Crippen LogP contribution in [-0.2, 0) is 4.79 Å². The lowest BCUT2D eigenvalue weighted by Crippen LogP contribution is -2.30. The Morgan fingerprint density at radius 1 is 0.941 bits per heavy atom. The fourth-order valence-corrected chi connectivity index (χ4v) is 3.35. The molecule has 1 N–H and O–H groups in total. The van der Waals surface area contributed by atoms with Gasteiger partial charge in [0.25, 0.3) is 5.91 Å². The van der Waals surface area contributed by atoms with Gasteiger partial charge in [0.05, 0.1) is 6.04 Å². The number of fused-ring (bicyclic) bond motifs is 1. The lowest BCUT2D eigenvalue weighted by atomic mass is 10.1. The molecule has 0 saturated heterocycles. The van der Waals surface area contributed by atoms with Gasteiger partial charge in [0.1, 0.15) is 22.6 Å². The van der Waals surface area contributed by atoms with Crippen molar-refractivity contribution in [1.82, 2.24) is 5.32 Å². The fourth-order valence-electron chi connectivity index (χ4n) is 3.35. The second-order valence-corrected chi connectivity index (χ2v) is 7.83. The number of carbonyl (C=O) groups excluding carboxylic acids is 2. The number of hydrogen-bond donors (Lipinski definition) is 1. The minimum Gasteiger partial charge on any atom is -0.482 e. The summed E-state index contributed by atoms with van der Waals surface area (Å²) in [6.45, 7) is 3.51. The molecule has 0 aliphatic carbocycles. The van der Waals surface area contributed by atoms with Crippen LogP contribution in [0.1, 0.15) is 34.5 Å². The Morgan fingerprint density at radius 2 is 1.65 bits per heavy atom. The average molecular weight is 457 g/mol. The summed E-state index contributed by atoms with van der Waals surface area (Å²) < 4.78 is 16.0. The zero-order valence-electron chi connectivity index (χ0n) is 18.7. The Morgan fingerprint density at radius 3 is 2.38 bits per heavy atom. The molecule has 4 rings (SSSR count). The summed E-state index contributed by atoms with van der Waals surface area (Å²) >= 11 is 0. The Kier molecular flexibility index (Phi) is 6.73. The third kappa shape index (κ3) is 5.50. The zero-order chi connectivity index (χ0) is 24.1. The number of ether oxygens (including phenoxy) is 2. The van der Waals surface area contributed by atoms with E-state index in [1.807, 2.05) is 56.3 Å². The average Bonchev–Trinajstić information content (AvgIpc) is 2.83. The first-order valence-corrected chi connectivity index (χ1v) is 10.7. The van der Waals surface area contributed by atoms with E-state index in [1.54, 1.807) is 24.3 Å². The van der Waals surface area contributed by atoms with E-state index in [1.165, 1.54) is 12.1 Å². The van der Waals surface area contributed by atoms with Crippen LogP contribution in [0.15, 0.2) is 88.1 Å². The molecule has 0 aliphatic heterocycles. The van der Waals surface area contributed by atoms with E-state index < -0.39 is 17.5 Å². The van der Waals surface area contributed by atoms with Crippen LogP contribution in [0.3, 0.4) is 0 Å². The maximum Gasteiger partial charge on any atom is 0.349 e. The van der Waals surface area contributed by atoms with Gasteiger partial charge in [-0.3, -0.25) is 4.79 Å². The number of amides is 1. The number of esters is 1. The van der Waals surface area contributed by atoms with Crippen molar-refractivity contribution in [2.75, 3.05) is 6.61 Å². The molecule has 172 valence electrons. The van der Waals surface area contributed by atoms with Crippen LogP contribution >= 0.6 is 0 Å². The minimum absolute atomic E-state index is 0.105. The Bertz CT molecular complexity index is 1380. The number of hydrogen-bond acceptors (Lipinski definition) is 6. The maximum atomic E-state index is 12.7. The van der Waals surface area contributed by atoms with Crippen molar-refractivity contribution in [3.63, 3.8) is 0 Å². The number of nitrogens with one attached hydrogen (secondary N) is 1. The summed E-state index contributed by atoms with van der Waals surface area (Å²) in [7, 11) is 0. The smallest absolute Gasteiger partial charge is 0.349 e. The normalized spacial score (nSPS) is 11.6. The summed E-state index contributed by atoms with van der Waals surface area (Å²) in [6, 6.07) is 22.5. The van der Waals surface area contributed by atoms with Crippen LogP contribution in [0.4, 0.5) is 0 Å². The van der Waals surface area contributed by atoms with Crippen LogP contribution in [0, 0.1) is 6.92 Å². The number of rotatable bonds is 7. The highest BCUT2D eigenvalue weighted by molar-refractivity contribution is 5.97. The molecule has 0 aliphatic rings. The summed E-state index contributed by atoms with van der Waals surface area (Å²) in [6.07, 6.45) is 0. The van der Waals surface area contributed by atoms with Crippen LogP contribution in [0.5, 0.6) is 11.5 Å². The van der Waals surface area contributed by atoms with Gasteiger partial charge in [0, 0.05) is 11.5 Å². The van der Waals surface area contributed by atoms with Crippen LogP contribution in [0.2, 0.25) is 0 Å². The summed E-state index contributed by atoms with van der Waals surface area (Å²) in [5.74, 6) is -0.383. The van der Waals surface area contributed by atoms with Crippen LogP contribution in [-0.4, -0.2) is 18.5 Å². The quantitative estimate of drug-likeness (QED) is 0.248. The third-order valence-electron chi connectivity index (χ3n) is 5.21. The molecule has 1 atom stereocenters. The lowest BCUT2D eigenvalue weighted by Gasteiger charge is -2.14. The molecule has 7 nitrogen and oxygen atoms in total. The molecule has 0 bridgehead atoms. The van der Waals surface area contributed by atoms with Gasteiger partial charge < -0.3 is 19.2 Å². The van der Waals surface area contributed by atoms with Crippen molar-refractivity contribution in [2.45, 2.75) is 19.9 Å². The molecule has 0 saturated carbocycles. The van der Waals surface area contributed by atoms with Gasteiger partial charge in [-0.2, -0.15) is 0 Å². The van der Waals surface area contributed by atoms with E-state index in [2.05, 4.69) is 5.32 Å². The Balaban J connectivity index is 1.43. The predicted molar refractivity (Wildman–Crippen MR) is 127 cm³/mol. The summed E-state index contributed by atoms with van der Waals surface area (Å²) in [5, 5.41) is 3.32. The van der Waals surface area contributed by atoms with Crippen LogP contribution in [0.25, 0.3) is 11.0 Å². The van der Waals surface area contributed by atoms with Crippen molar-refractivity contribution in [2.24, 2.45) is 0 Å². The standard InChI is InChI=1S/C27H23NO6/c1-17-8-11-21(12-9-17)32-16-25(29)33-22-13-10-20-14-23(27(31)34-24(20)15-22)26(30)28-18(2)19-6-4-3-5-7-19/h3-15,18H,16H2,1-2H3,(H,28,30). The first-order chi connectivity index (χ1) is 16.4. The first kappa shape index (κ1) is 22.8. The molecule has 4 aromatic rings. The SMILES string of the molecule is Cc1ccc(OCC(=O)Oc2ccc3cc(C(=O)NC(C)c4ccccc4)c(=O)oc3c2)cc1. The highest BCUT2D eigenvalue weighted by atomic mass is 16.6. The fraction of sp³-hybridized carbons (Fsp3) is 0.148. The van der Waals surface area contributed by atoms with Crippen molar-refractivity contribution in [3.8, 4) is 11.5 Å². The summed E-state index contributed by atoms with van der Waals surface area (Å²) in [4.78, 5) is 37.2. The van der Waals surface area contributed by atoms with Gasteiger partial charge in [0.2, 0.25) is 0 Å². The maximum absolute atomic E-state index is 12.7. The highest BCUT2D eigenvalue weighted by Crippen LogP contribution is 2.21. The molecule has 0 fully saturated rings. The van der Waals surface area contributed by atoms with Gasteiger partial charge in [-0.1, -0.05) is 48.0 Å². The van der Waals surface area contributed by atoms with Gasteiger partial charge >= 0.3 is 11.6 Å². The minimum atomic E-state index is -0.781. The second-order valence-electron chi connectivity index (χ2n) is 7.83. The number of benzene rings is 3. The largest absolute Gasteiger partial charge is 0.482 e. The zero-order valence-corrected chi connectivity index (χ0v) is 18.7. The topological polar surface area (TPSA) is 94.8 Å². The Labute approximate surface area is 195 Å². The van der Waals surface area contributed by atoms with E-state index in [-0.39, 0.29) is 29.5 Å². The van der Waals surface area contributed by atoms with Crippen molar-refractivity contribution < 1.29 is 23.5 Å². The molecule has 7 heteroatoms. The predicted octanol–water partition coefficient (Wildman–Crippen LogP) is 4.58.